The average Bonchev–Trinajstić information content (AvgIpc) is 3.39. The summed E-state index contributed by atoms with van der Waals surface area (Å²) in [4.78, 5) is 30.1. The zero-order chi connectivity index (χ0) is 21.8. The molecule has 0 N–H and O–H groups in total. The third-order valence-electron chi connectivity index (χ3n) is 4.85. The fourth-order valence-corrected chi connectivity index (χ4v) is 4.22. The second kappa shape index (κ2) is 9.28. The minimum atomic E-state index is -0.402. The molecule has 4 rings (SSSR count). The van der Waals surface area contributed by atoms with Crippen LogP contribution in [0.5, 0.6) is 0 Å². The molecule has 0 unspecified atom stereocenters. The maximum absolute atomic E-state index is 12.3. The van der Waals surface area contributed by atoms with E-state index in [1.165, 1.54) is 23.2 Å². The zero-order valence-corrected chi connectivity index (χ0v) is 18.1. The normalized spacial score (nSPS) is 11.2. The summed E-state index contributed by atoms with van der Waals surface area (Å²) in [6.45, 7) is 2.34. The first-order chi connectivity index (χ1) is 15.0. The van der Waals surface area contributed by atoms with Gasteiger partial charge in [-0.1, -0.05) is 30.3 Å². The predicted octanol–water partition coefficient (Wildman–Crippen LogP) is 4.33. The number of anilines is 1. The summed E-state index contributed by atoms with van der Waals surface area (Å²) in [7, 11) is 1.58. The number of rotatable bonds is 8. The highest BCUT2D eigenvalue weighted by atomic mass is 32.1. The van der Waals surface area contributed by atoms with Crippen LogP contribution in [0.25, 0.3) is 21.7 Å². The highest BCUT2D eigenvalue weighted by Crippen LogP contribution is 2.28. The molecule has 0 bridgehead atoms. The summed E-state index contributed by atoms with van der Waals surface area (Å²) in [5.74, 6) is 0.0331. The molecular weight excluding hydrogens is 416 g/mol. The van der Waals surface area contributed by atoms with Crippen LogP contribution >= 0.6 is 11.3 Å². The topological polar surface area (TPSA) is 81.9 Å². The van der Waals surface area contributed by atoms with Crippen molar-refractivity contribution >= 4 is 50.1 Å². The second-order valence-electron chi connectivity index (χ2n) is 7.03. The lowest BCUT2D eigenvalue weighted by Gasteiger charge is -2.16. The van der Waals surface area contributed by atoms with Crippen LogP contribution in [-0.4, -0.2) is 37.1 Å². The van der Waals surface area contributed by atoms with Gasteiger partial charge in [0.15, 0.2) is 5.13 Å². The van der Waals surface area contributed by atoms with Crippen LogP contribution in [0.4, 0.5) is 5.13 Å². The Balaban J connectivity index is 1.39. The zero-order valence-electron chi connectivity index (χ0n) is 17.3. The quantitative estimate of drug-likeness (QED) is 0.381. The molecule has 8 heteroatoms. The molecule has 0 atom stereocenters. The molecule has 1 amide bonds. The number of benzene rings is 2. The Morgan fingerprint density at radius 2 is 2.00 bits per heavy atom. The molecule has 0 saturated heterocycles. The molecule has 160 valence electrons. The minimum absolute atomic E-state index is 0.0351. The Bertz CT molecular complexity index is 1230. The maximum atomic E-state index is 12.3. The molecule has 2 aromatic heterocycles. The Hall–Kier alpha value is -3.23. The fraction of sp³-hybridized carbons (Fsp3) is 0.261. The molecule has 0 aliphatic heterocycles. The average molecular weight is 439 g/mol. The molecule has 0 saturated carbocycles. The number of amides is 1. The summed E-state index contributed by atoms with van der Waals surface area (Å²) in [6.07, 6.45) is 0.0351. The van der Waals surface area contributed by atoms with E-state index in [0.29, 0.717) is 29.7 Å². The van der Waals surface area contributed by atoms with Gasteiger partial charge in [0.05, 0.1) is 18.8 Å². The van der Waals surface area contributed by atoms with Gasteiger partial charge in [0, 0.05) is 24.8 Å². The van der Waals surface area contributed by atoms with Crippen LogP contribution in [0.2, 0.25) is 0 Å². The summed E-state index contributed by atoms with van der Waals surface area (Å²) >= 11 is 1.32. The van der Waals surface area contributed by atoms with Gasteiger partial charge in [-0.05, 0) is 22.9 Å². The van der Waals surface area contributed by atoms with Crippen molar-refractivity contribution in [3.05, 3.63) is 59.3 Å². The number of esters is 1. The van der Waals surface area contributed by atoms with Gasteiger partial charge in [-0.2, -0.15) is 0 Å². The van der Waals surface area contributed by atoms with Crippen molar-refractivity contribution in [2.45, 2.75) is 20.0 Å². The maximum Gasteiger partial charge on any atom is 0.313 e. The molecule has 0 radical (unpaired) electrons. The van der Waals surface area contributed by atoms with Crippen LogP contribution in [0.3, 0.4) is 0 Å². The molecule has 2 aromatic carbocycles. The number of thiazole rings is 1. The van der Waals surface area contributed by atoms with E-state index in [-0.39, 0.29) is 18.9 Å². The number of ether oxygens (including phenoxy) is 2. The molecule has 0 spiro atoms. The van der Waals surface area contributed by atoms with E-state index in [9.17, 15) is 9.59 Å². The van der Waals surface area contributed by atoms with Gasteiger partial charge in [-0.15, -0.1) is 11.3 Å². The third-order valence-corrected chi connectivity index (χ3v) is 5.76. The Morgan fingerprint density at radius 1 is 1.16 bits per heavy atom. The number of fused-ring (bicyclic) bond motifs is 3. The summed E-state index contributed by atoms with van der Waals surface area (Å²) in [5, 5.41) is 5.51. The van der Waals surface area contributed by atoms with Gasteiger partial charge in [0.1, 0.15) is 24.4 Å². The molecular formula is C23H22N2O5S. The van der Waals surface area contributed by atoms with Crippen molar-refractivity contribution in [2.24, 2.45) is 0 Å². The first kappa shape index (κ1) is 21.0. The SMILES string of the molecule is COCCN(C(C)=O)c1nc(COC(=O)Cc2cc3c(ccc4ccccc43)o2)cs1. The van der Waals surface area contributed by atoms with Gasteiger partial charge in [0.25, 0.3) is 0 Å². The summed E-state index contributed by atoms with van der Waals surface area (Å²) in [6, 6.07) is 13.8. The number of methoxy groups -OCH3 is 1. The van der Waals surface area contributed by atoms with Crippen LogP contribution < -0.4 is 4.90 Å². The number of furan rings is 1. The van der Waals surface area contributed by atoms with E-state index in [0.717, 1.165) is 21.7 Å². The van der Waals surface area contributed by atoms with E-state index >= 15 is 0 Å². The van der Waals surface area contributed by atoms with Crippen LogP contribution in [-0.2, 0) is 32.1 Å². The van der Waals surface area contributed by atoms with Gasteiger partial charge in [0.2, 0.25) is 5.91 Å². The van der Waals surface area contributed by atoms with Crippen LogP contribution in [0.15, 0.2) is 52.3 Å². The monoisotopic (exact) mass is 438 g/mol. The van der Waals surface area contributed by atoms with Crippen molar-refractivity contribution in [3.8, 4) is 0 Å². The number of aromatic nitrogens is 1. The summed E-state index contributed by atoms with van der Waals surface area (Å²) in [5.41, 5.74) is 1.33. The largest absolute Gasteiger partial charge is 0.460 e. The van der Waals surface area contributed by atoms with Gasteiger partial charge >= 0.3 is 5.97 Å². The number of nitrogens with zero attached hydrogens (tertiary/aromatic N) is 2. The molecule has 4 aromatic rings. The van der Waals surface area contributed by atoms with E-state index in [4.69, 9.17) is 13.9 Å². The number of hydrogen-bond donors (Lipinski definition) is 0. The Morgan fingerprint density at radius 3 is 2.81 bits per heavy atom. The van der Waals surface area contributed by atoms with Crippen molar-refractivity contribution in [3.63, 3.8) is 0 Å². The standard InChI is InChI=1S/C23H22N2O5S/c1-15(26)25(9-10-28-2)23-24-17(14-31-23)13-29-22(27)12-18-11-20-19-6-4-3-5-16(19)7-8-21(20)30-18/h3-8,11,14H,9-10,12-13H2,1-2H3. The van der Waals surface area contributed by atoms with Crippen LogP contribution in [0, 0.1) is 0 Å². The van der Waals surface area contributed by atoms with Crippen molar-refractivity contribution in [1.29, 1.82) is 0 Å². The first-order valence-electron chi connectivity index (χ1n) is 9.82. The van der Waals surface area contributed by atoms with E-state index in [1.54, 1.807) is 12.5 Å². The van der Waals surface area contributed by atoms with Crippen molar-refractivity contribution in [2.75, 3.05) is 25.2 Å². The molecule has 7 nitrogen and oxygen atoms in total. The fourth-order valence-electron chi connectivity index (χ4n) is 3.34. The van der Waals surface area contributed by atoms with E-state index < -0.39 is 5.97 Å². The smallest absolute Gasteiger partial charge is 0.313 e. The van der Waals surface area contributed by atoms with Gasteiger partial charge in [-0.3, -0.25) is 14.5 Å². The van der Waals surface area contributed by atoms with E-state index in [1.807, 2.05) is 42.5 Å². The van der Waals surface area contributed by atoms with Crippen molar-refractivity contribution < 1.29 is 23.5 Å². The number of hydrogen-bond acceptors (Lipinski definition) is 7. The molecule has 0 aliphatic carbocycles. The first-order valence-corrected chi connectivity index (χ1v) is 10.7. The lowest BCUT2D eigenvalue weighted by Crippen LogP contribution is -2.31. The highest BCUT2D eigenvalue weighted by molar-refractivity contribution is 7.14. The van der Waals surface area contributed by atoms with Crippen molar-refractivity contribution in [1.82, 2.24) is 4.98 Å². The molecule has 0 fully saturated rings. The highest BCUT2D eigenvalue weighted by Gasteiger charge is 2.17. The van der Waals surface area contributed by atoms with Crippen LogP contribution in [0.1, 0.15) is 18.4 Å². The molecule has 31 heavy (non-hydrogen) atoms. The van der Waals surface area contributed by atoms with E-state index in [2.05, 4.69) is 4.98 Å². The van der Waals surface area contributed by atoms with Gasteiger partial charge < -0.3 is 13.9 Å². The Kier molecular flexibility index (Phi) is 6.29. The minimum Gasteiger partial charge on any atom is -0.460 e. The summed E-state index contributed by atoms with van der Waals surface area (Å²) < 4.78 is 16.2. The van der Waals surface area contributed by atoms with Gasteiger partial charge in [-0.25, -0.2) is 4.98 Å². The number of carbonyl (C=O) groups excluding carboxylic acids is 2. The number of carbonyl (C=O) groups is 2. The second-order valence-corrected chi connectivity index (χ2v) is 7.87. The lowest BCUT2D eigenvalue weighted by molar-refractivity contribution is -0.144. The Labute approximate surface area is 183 Å². The third kappa shape index (κ3) is 4.76. The molecule has 2 heterocycles. The molecule has 0 aliphatic rings. The predicted molar refractivity (Wildman–Crippen MR) is 119 cm³/mol. The lowest BCUT2D eigenvalue weighted by atomic mass is 10.1.